The lowest BCUT2D eigenvalue weighted by atomic mass is 10.1. The number of nitrogens with two attached hydrogens (primary N) is 1. The van der Waals surface area contributed by atoms with Crippen LogP contribution in [0.4, 0.5) is 0 Å². The van der Waals surface area contributed by atoms with Crippen molar-refractivity contribution in [2.24, 2.45) is 11.1 Å². The Morgan fingerprint density at radius 1 is 1.29 bits per heavy atom. The van der Waals surface area contributed by atoms with E-state index < -0.39 is 0 Å². The van der Waals surface area contributed by atoms with Crippen LogP contribution in [-0.4, -0.2) is 5.54 Å². The van der Waals surface area contributed by atoms with Gasteiger partial charge < -0.3 is 5.73 Å². The van der Waals surface area contributed by atoms with Crippen LogP contribution in [-0.2, 0) is 0 Å². The van der Waals surface area contributed by atoms with Crippen molar-refractivity contribution in [3.8, 4) is 0 Å². The Kier molecular flexibility index (Phi) is 0.636. The van der Waals surface area contributed by atoms with E-state index in [0.717, 1.165) is 0 Å². The molecule has 1 aliphatic carbocycles. The number of rotatable bonds is 0. The Morgan fingerprint density at radius 2 is 1.43 bits per heavy atom. The van der Waals surface area contributed by atoms with Crippen molar-refractivity contribution >= 4 is 0 Å². The van der Waals surface area contributed by atoms with Crippen molar-refractivity contribution in [3.63, 3.8) is 0 Å². The summed E-state index contributed by atoms with van der Waals surface area (Å²) in [6, 6.07) is 0. The first-order valence-corrected chi connectivity index (χ1v) is 2.75. The van der Waals surface area contributed by atoms with Crippen LogP contribution in [0.5, 0.6) is 0 Å². The van der Waals surface area contributed by atoms with Crippen molar-refractivity contribution in [1.82, 2.24) is 0 Å². The van der Waals surface area contributed by atoms with Crippen LogP contribution in [0.15, 0.2) is 0 Å². The molecule has 1 rings (SSSR count). The van der Waals surface area contributed by atoms with Gasteiger partial charge >= 0.3 is 0 Å². The Balaban J connectivity index is 2.59. The zero-order valence-electron chi connectivity index (χ0n) is 5.28. The van der Waals surface area contributed by atoms with Crippen LogP contribution >= 0.6 is 0 Å². The predicted molar refractivity (Wildman–Crippen MR) is 31.0 cm³/mol. The molecular formula is C6H13N. The van der Waals surface area contributed by atoms with Crippen molar-refractivity contribution < 1.29 is 0 Å². The summed E-state index contributed by atoms with van der Waals surface area (Å²) in [6.07, 6.45) is 1.18. The number of hydrogen-bond donors (Lipinski definition) is 1. The molecular weight excluding hydrogens is 86.1 g/mol. The second-order valence-corrected chi connectivity index (χ2v) is 3.48. The van der Waals surface area contributed by atoms with Gasteiger partial charge in [-0.2, -0.15) is 0 Å². The van der Waals surface area contributed by atoms with Crippen molar-refractivity contribution in [3.05, 3.63) is 0 Å². The van der Waals surface area contributed by atoms with Gasteiger partial charge in [-0.15, -0.1) is 0 Å². The summed E-state index contributed by atoms with van der Waals surface area (Å²) >= 11 is 0. The lowest BCUT2D eigenvalue weighted by Crippen LogP contribution is -2.22. The molecule has 1 aliphatic rings. The summed E-state index contributed by atoms with van der Waals surface area (Å²) in [5.74, 6) is 0. The minimum atomic E-state index is 0.146. The van der Waals surface area contributed by atoms with E-state index in [1.165, 1.54) is 6.42 Å². The lowest BCUT2D eigenvalue weighted by molar-refractivity contribution is 0.525. The van der Waals surface area contributed by atoms with Gasteiger partial charge in [0, 0.05) is 5.54 Å². The zero-order chi connectivity index (χ0) is 5.71. The first-order chi connectivity index (χ1) is 2.96. The van der Waals surface area contributed by atoms with E-state index in [-0.39, 0.29) is 5.54 Å². The highest BCUT2D eigenvalue weighted by molar-refractivity contribution is 5.11. The summed E-state index contributed by atoms with van der Waals surface area (Å²) < 4.78 is 0. The van der Waals surface area contributed by atoms with Crippen molar-refractivity contribution in [2.75, 3.05) is 0 Å². The maximum Gasteiger partial charge on any atom is 0.0183 e. The van der Waals surface area contributed by atoms with Gasteiger partial charge in [-0.05, 0) is 18.8 Å². The van der Waals surface area contributed by atoms with Gasteiger partial charge in [0.2, 0.25) is 0 Å². The molecule has 0 aromatic heterocycles. The summed E-state index contributed by atoms with van der Waals surface area (Å²) in [5.41, 5.74) is 6.31. The van der Waals surface area contributed by atoms with Crippen molar-refractivity contribution in [1.29, 1.82) is 0 Å². The van der Waals surface area contributed by atoms with E-state index in [0.29, 0.717) is 5.41 Å². The average Bonchev–Trinajstić information content (AvgIpc) is 1.63. The SMILES string of the molecule is CC1(C)C[C@]1(C)N. The van der Waals surface area contributed by atoms with E-state index >= 15 is 0 Å². The molecule has 1 heteroatoms. The molecule has 42 valence electrons. The van der Waals surface area contributed by atoms with Gasteiger partial charge in [-0.25, -0.2) is 0 Å². The molecule has 2 N–H and O–H groups in total. The highest BCUT2D eigenvalue weighted by atomic mass is 14.9. The smallest absolute Gasteiger partial charge is 0.0183 e. The molecule has 7 heavy (non-hydrogen) atoms. The van der Waals surface area contributed by atoms with E-state index in [9.17, 15) is 0 Å². The Hall–Kier alpha value is -0.0400. The standard InChI is InChI=1S/C6H13N/c1-5(2)4-6(5,3)7/h4,7H2,1-3H3/t6-/m0/s1. The van der Waals surface area contributed by atoms with Crippen LogP contribution in [0.1, 0.15) is 27.2 Å². The van der Waals surface area contributed by atoms with E-state index in [4.69, 9.17) is 5.73 Å². The Bertz CT molecular complexity index is 80.4. The van der Waals surface area contributed by atoms with E-state index in [2.05, 4.69) is 20.8 Å². The lowest BCUT2D eigenvalue weighted by Gasteiger charge is -2.04. The molecule has 1 saturated carbocycles. The highest BCUT2D eigenvalue weighted by Crippen LogP contribution is 2.52. The fraction of sp³-hybridized carbons (Fsp3) is 1.00. The summed E-state index contributed by atoms with van der Waals surface area (Å²) in [6.45, 7) is 6.51. The average molecular weight is 99.2 g/mol. The highest BCUT2D eigenvalue weighted by Gasteiger charge is 2.54. The molecule has 1 nitrogen and oxygen atoms in total. The van der Waals surface area contributed by atoms with Gasteiger partial charge in [0.1, 0.15) is 0 Å². The molecule has 0 heterocycles. The third-order valence-electron chi connectivity index (χ3n) is 2.23. The van der Waals surface area contributed by atoms with Gasteiger partial charge in [0.25, 0.3) is 0 Å². The first-order valence-electron chi connectivity index (χ1n) is 2.75. The topological polar surface area (TPSA) is 26.0 Å². The third kappa shape index (κ3) is 0.556. The fourth-order valence-electron chi connectivity index (χ4n) is 0.874. The van der Waals surface area contributed by atoms with Crippen LogP contribution in [0.2, 0.25) is 0 Å². The van der Waals surface area contributed by atoms with E-state index in [1.54, 1.807) is 0 Å². The van der Waals surface area contributed by atoms with Crippen LogP contribution in [0.3, 0.4) is 0 Å². The minimum Gasteiger partial charge on any atom is -0.325 e. The van der Waals surface area contributed by atoms with Gasteiger partial charge in [0.15, 0.2) is 0 Å². The maximum atomic E-state index is 5.74. The van der Waals surface area contributed by atoms with Crippen LogP contribution < -0.4 is 5.73 Å². The van der Waals surface area contributed by atoms with Crippen LogP contribution in [0, 0.1) is 5.41 Å². The molecule has 0 unspecified atom stereocenters. The summed E-state index contributed by atoms with van der Waals surface area (Å²) in [4.78, 5) is 0. The molecule has 0 amide bonds. The second kappa shape index (κ2) is 0.873. The zero-order valence-corrected chi connectivity index (χ0v) is 5.28. The fourth-order valence-corrected chi connectivity index (χ4v) is 0.874. The summed E-state index contributed by atoms with van der Waals surface area (Å²) in [7, 11) is 0. The van der Waals surface area contributed by atoms with Crippen LogP contribution in [0.25, 0.3) is 0 Å². The quantitative estimate of drug-likeness (QED) is 0.484. The Morgan fingerprint density at radius 3 is 1.43 bits per heavy atom. The molecule has 0 saturated heterocycles. The van der Waals surface area contributed by atoms with Gasteiger partial charge in [-0.1, -0.05) is 13.8 Å². The van der Waals surface area contributed by atoms with Gasteiger partial charge in [0.05, 0.1) is 0 Å². The van der Waals surface area contributed by atoms with E-state index in [1.807, 2.05) is 0 Å². The van der Waals surface area contributed by atoms with Crippen molar-refractivity contribution in [2.45, 2.75) is 32.7 Å². The summed E-state index contributed by atoms with van der Waals surface area (Å²) in [5, 5.41) is 0. The molecule has 0 aromatic carbocycles. The monoisotopic (exact) mass is 99.1 g/mol. The minimum absolute atomic E-state index is 0.146. The largest absolute Gasteiger partial charge is 0.325 e. The Labute approximate surface area is 44.9 Å². The molecule has 1 fully saturated rings. The normalized spacial score (nSPS) is 46.3. The number of hydrogen-bond acceptors (Lipinski definition) is 1. The third-order valence-corrected chi connectivity index (χ3v) is 2.23. The van der Waals surface area contributed by atoms with Gasteiger partial charge in [-0.3, -0.25) is 0 Å². The molecule has 0 bridgehead atoms. The molecule has 0 spiro atoms. The maximum absolute atomic E-state index is 5.74. The molecule has 0 aliphatic heterocycles. The molecule has 0 radical (unpaired) electrons. The molecule has 0 aromatic rings. The predicted octanol–water partition coefficient (Wildman–Crippen LogP) is 1.13. The molecule has 1 atom stereocenters. The second-order valence-electron chi connectivity index (χ2n) is 3.48. The first kappa shape index (κ1) is 5.10.